The van der Waals surface area contributed by atoms with E-state index in [0.29, 0.717) is 22.4 Å². The zero-order chi connectivity index (χ0) is 22.7. The molecule has 0 aliphatic heterocycles. The quantitative estimate of drug-likeness (QED) is 0.385. The van der Waals surface area contributed by atoms with Crippen LogP contribution in [0, 0.1) is 6.92 Å². The number of benzene rings is 2. The van der Waals surface area contributed by atoms with E-state index < -0.39 is 0 Å². The van der Waals surface area contributed by atoms with Crippen LogP contribution in [0.3, 0.4) is 0 Å². The molecule has 0 spiro atoms. The molecule has 7 nitrogen and oxygen atoms in total. The largest absolute Gasteiger partial charge is 0.325 e. The monoisotopic (exact) mass is 466 g/mol. The zero-order valence-electron chi connectivity index (χ0n) is 18.0. The number of carbonyl (C=O) groups excluding carboxylic acids is 1. The lowest BCUT2D eigenvalue weighted by Crippen LogP contribution is -2.15. The molecule has 164 valence electrons. The van der Waals surface area contributed by atoms with Crippen molar-refractivity contribution in [1.82, 2.24) is 24.5 Å². The highest BCUT2D eigenvalue weighted by Crippen LogP contribution is 2.32. The number of aromatic nitrogens is 5. The summed E-state index contributed by atoms with van der Waals surface area (Å²) in [6, 6.07) is 15.5. The Morgan fingerprint density at radius 3 is 2.66 bits per heavy atom. The van der Waals surface area contributed by atoms with Crippen molar-refractivity contribution in [3.63, 3.8) is 0 Å². The number of nitrogens with zero attached hydrogens (tertiary/aromatic N) is 5. The number of amides is 1. The second-order valence-electron chi connectivity index (χ2n) is 7.23. The number of hydrogen-bond acceptors (Lipinski definition) is 5. The molecule has 0 bridgehead atoms. The number of carbonyl (C=O) groups is 1. The second-order valence-corrected chi connectivity index (χ2v) is 8.58. The number of nitrogens with one attached hydrogen (secondary N) is 1. The van der Waals surface area contributed by atoms with Crippen LogP contribution in [-0.4, -0.2) is 36.2 Å². The van der Waals surface area contributed by atoms with E-state index in [1.807, 2.05) is 74.1 Å². The molecular weight excluding hydrogens is 444 g/mol. The Bertz CT molecular complexity index is 1250. The van der Waals surface area contributed by atoms with Crippen molar-refractivity contribution in [2.45, 2.75) is 25.5 Å². The molecule has 0 saturated carbocycles. The molecule has 0 aliphatic rings. The highest BCUT2D eigenvalue weighted by atomic mass is 35.5. The molecule has 2 heterocycles. The van der Waals surface area contributed by atoms with Crippen LogP contribution in [0.25, 0.3) is 22.6 Å². The average molecular weight is 467 g/mol. The standard InChI is InChI=1S/C23H23ClN6OS/c1-4-30-22(17-13-29(3)28-21(17)16-9-6-5-7-10-16)26-27-23(30)32-14-20(31)25-19-12-8-11-18(24)15(19)2/h5-13H,4,14H2,1-3H3,(H,25,31). The number of halogens is 1. The lowest BCUT2D eigenvalue weighted by Gasteiger charge is -2.10. The summed E-state index contributed by atoms with van der Waals surface area (Å²) in [6.45, 7) is 4.58. The maximum Gasteiger partial charge on any atom is 0.234 e. The van der Waals surface area contributed by atoms with Gasteiger partial charge in [-0.05, 0) is 31.5 Å². The number of rotatable bonds is 7. The van der Waals surface area contributed by atoms with E-state index in [1.165, 1.54) is 11.8 Å². The molecule has 1 N–H and O–H groups in total. The van der Waals surface area contributed by atoms with Crippen molar-refractivity contribution in [1.29, 1.82) is 0 Å². The van der Waals surface area contributed by atoms with E-state index in [9.17, 15) is 4.79 Å². The number of anilines is 1. The van der Waals surface area contributed by atoms with E-state index >= 15 is 0 Å². The fourth-order valence-corrected chi connectivity index (χ4v) is 4.38. The van der Waals surface area contributed by atoms with Crippen molar-refractivity contribution in [2.24, 2.45) is 7.05 Å². The maximum absolute atomic E-state index is 12.5. The number of hydrogen-bond donors (Lipinski definition) is 1. The van der Waals surface area contributed by atoms with Gasteiger partial charge in [0.15, 0.2) is 11.0 Å². The molecule has 2 aromatic heterocycles. The van der Waals surface area contributed by atoms with E-state index in [0.717, 1.165) is 28.2 Å². The van der Waals surface area contributed by atoms with Gasteiger partial charge in [-0.25, -0.2) is 0 Å². The SMILES string of the molecule is CCn1c(SCC(=O)Nc2cccc(Cl)c2C)nnc1-c1cn(C)nc1-c1ccccc1. The van der Waals surface area contributed by atoms with Gasteiger partial charge in [0.1, 0.15) is 5.69 Å². The fourth-order valence-electron chi connectivity index (χ4n) is 3.40. The van der Waals surface area contributed by atoms with Gasteiger partial charge in [0.25, 0.3) is 0 Å². The summed E-state index contributed by atoms with van der Waals surface area (Å²) in [5, 5.41) is 17.6. The third kappa shape index (κ3) is 4.56. The summed E-state index contributed by atoms with van der Waals surface area (Å²) in [5.74, 6) is 0.815. The van der Waals surface area contributed by atoms with E-state index in [4.69, 9.17) is 11.6 Å². The fraction of sp³-hybridized carbons (Fsp3) is 0.217. The minimum Gasteiger partial charge on any atom is -0.325 e. The van der Waals surface area contributed by atoms with Gasteiger partial charge in [0.2, 0.25) is 5.91 Å². The topological polar surface area (TPSA) is 77.6 Å². The predicted octanol–water partition coefficient (Wildman–Crippen LogP) is 5.06. The first-order valence-corrected chi connectivity index (χ1v) is 11.5. The molecule has 2 aromatic carbocycles. The van der Waals surface area contributed by atoms with Gasteiger partial charge in [0, 0.05) is 36.1 Å². The van der Waals surface area contributed by atoms with Crippen molar-refractivity contribution in [3.05, 3.63) is 65.3 Å². The first kappa shape index (κ1) is 22.1. The third-order valence-electron chi connectivity index (χ3n) is 5.02. The Morgan fingerprint density at radius 1 is 1.12 bits per heavy atom. The number of thioether (sulfide) groups is 1. The van der Waals surface area contributed by atoms with Gasteiger partial charge < -0.3 is 9.88 Å². The molecule has 32 heavy (non-hydrogen) atoms. The van der Waals surface area contributed by atoms with Gasteiger partial charge in [-0.15, -0.1) is 10.2 Å². The minimum atomic E-state index is -0.126. The minimum absolute atomic E-state index is 0.126. The Hall–Kier alpha value is -3.10. The highest BCUT2D eigenvalue weighted by molar-refractivity contribution is 7.99. The summed E-state index contributed by atoms with van der Waals surface area (Å²) in [5.41, 5.74) is 4.32. The van der Waals surface area contributed by atoms with Crippen LogP contribution >= 0.6 is 23.4 Å². The zero-order valence-corrected chi connectivity index (χ0v) is 19.6. The maximum atomic E-state index is 12.5. The molecule has 4 aromatic rings. The van der Waals surface area contributed by atoms with E-state index in [1.54, 1.807) is 10.7 Å². The van der Waals surface area contributed by atoms with Crippen molar-refractivity contribution >= 4 is 35.0 Å². The van der Waals surface area contributed by atoms with Crippen LogP contribution in [0.15, 0.2) is 59.9 Å². The van der Waals surface area contributed by atoms with Gasteiger partial charge in [-0.1, -0.05) is 59.8 Å². The van der Waals surface area contributed by atoms with Crippen molar-refractivity contribution in [3.8, 4) is 22.6 Å². The summed E-state index contributed by atoms with van der Waals surface area (Å²) < 4.78 is 3.78. The lowest BCUT2D eigenvalue weighted by atomic mass is 10.1. The average Bonchev–Trinajstić information content (AvgIpc) is 3.38. The summed E-state index contributed by atoms with van der Waals surface area (Å²) in [4.78, 5) is 12.5. The van der Waals surface area contributed by atoms with Gasteiger partial charge in [-0.2, -0.15) is 5.10 Å². The molecule has 0 saturated heterocycles. The smallest absolute Gasteiger partial charge is 0.234 e. The van der Waals surface area contributed by atoms with Crippen LogP contribution in [0.4, 0.5) is 5.69 Å². The molecule has 4 rings (SSSR count). The van der Waals surface area contributed by atoms with Crippen LogP contribution in [0.1, 0.15) is 12.5 Å². The first-order valence-electron chi connectivity index (χ1n) is 10.2. The van der Waals surface area contributed by atoms with Crippen molar-refractivity contribution in [2.75, 3.05) is 11.1 Å². The van der Waals surface area contributed by atoms with E-state index in [2.05, 4.69) is 20.6 Å². The number of aryl methyl sites for hydroxylation is 1. The van der Waals surface area contributed by atoms with Crippen LogP contribution < -0.4 is 5.32 Å². The Kier molecular flexibility index (Phi) is 6.62. The normalized spacial score (nSPS) is 11.0. The van der Waals surface area contributed by atoms with Crippen molar-refractivity contribution < 1.29 is 4.79 Å². The molecule has 1 amide bonds. The Morgan fingerprint density at radius 2 is 1.91 bits per heavy atom. The third-order valence-corrected chi connectivity index (χ3v) is 6.40. The molecule has 0 atom stereocenters. The molecule has 0 fully saturated rings. The molecular formula is C23H23ClN6OS. The Labute approximate surface area is 195 Å². The molecule has 0 aliphatic carbocycles. The lowest BCUT2D eigenvalue weighted by molar-refractivity contribution is -0.113. The molecule has 9 heteroatoms. The summed E-state index contributed by atoms with van der Waals surface area (Å²) >= 11 is 7.49. The van der Waals surface area contributed by atoms with Crippen LogP contribution in [0.5, 0.6) is 0 Å². The molecule has 0 radical (unpaired) electrons. The highest BCUT2D eigenvalue weighted by Gasteiger charge is 2.20. The van der Waals surface area contributed by atoms with Crippen LogP contribution in [0.2, 0.25) is 5.02 Å². The summed E-state index contributed by atoms with van der Waals surface area (Å²) in [7, 11) is 1.89. The van der Waals surface area contributed by atoms with Gasteiger partial charge in [-0.3, -0.25) is 9.48 Å². The van der Waals surface area contributed by atoms with Gasteiger partial charge in [0.05, 0.1) is 11.3 Å². The van der Waals surface area contributed by atoms with Crippen LogP contribution in [-0.2, 0) is 18.4 Å². The summed E-state index contributed by atoms with van der Waals surface area (Å²) in [6.07, 6.45) is 1.95. The van der Waals surface area contributed by atoms with E-state index in [-0.39, 0.29) is 11.7 Å². The molecule has 0 unspecified atom stereocenters. The second kappa shape index (κ2) is 9.58. The predicted molar refractivity (Wildman–Crippen MR) is 129 cm³/mol. The van der Waals surface area contributed by atoms with Gasteiger partial charge >= 0.3 is 0 Å². The first-order chi connectivity index (χ1) is 15.5. The Balaban J connectivity index is 1.55.